The van der Waals surface area contributed by atoms with Crippen LogP contribution in [0.25, 0.3) is 11.0 Å². The molecule has 23 heavy (non-hydrogen) atoms. The molecule has 6 heteroatoms. The van der Waals surface area contributed by atoms with Crippen molar-refractivity contribution < 1.29 is 9.21 Å². The summed E-state index contributed by atoms with van der Waals surface area (Å²) in [5, 5.41) is 0.979. The third kappa shape index (κ3) is 3.42. The molecule has 2 aromatic rings. The molecule has 1 fully saturated rings. The van der Waals surface area contributed by atoms with Crippen molar-refractivity contribution in [2.24, 2.45) is 5.73 Å². The first-order chi connectivity index (χ1) is 10.5. The fourth-order valence-electron chi connectivity index (χ4n) is 3.28. The molecule has 1 aromatic heterocycles. The maximum absolute atomic E-state index is 13.0. The van der Waals surface area contributed by atoms with Gasteiger partial charge in [0.2, 0.25) is 0 Å². The van der Waals surface area contributed by atoms with Gasteiger partial charge in [-0.1, -0.05) is 15.9 Å². The molecule has 126 valence electrons. The minimum absolute atomic E-state index is 0. The summed E-state index contributed by atoms with van der Waals surface area (Å²) in [5.41, 5.74) is 7.72. The molecule has 2 atom stereocenters. The van der Waals surface area contributed by atoms with Gasteiger partial charge in [-0.25, -0.2) is 0 Å². The lowest BCUT2D eigenvalue weighted by Gasteiger charge is -2.37. The van der Waals surface area contributed by atoms with Crippen LogP contribution in [-0.2, 0) is 0 Å². The van der Waals surface area contributed by atoms with Crippen LogP contribution in [0.2, 0.25) is 0 Å². The summed E-state index contributed by atoms with van der Waals surface area (Å²) < 4.78 is 6.82. The summed E-state index contributed by atoms with van der Waals surface area (Å²) in [5.74, 6) is 0.410. The smallest absolute Gasteiger partial charge is 0.290 e. The lowest BCUT2D eigenvalue weighted by atomic mass is 9.96. The Kier molecular flexibility index (Phi) is 5.76. The van der Waals surface area contributed by atoms with E-state index < -0.39 is 0 Å². The number of aryl methyl sites for hydroxylation is 1. The maximum atomic E-state index is 13.0. The summed E-state index contributed by atoms with van der Waals surface area (Å²) >= 11 is 3.46. The molecule has 2 N–H and O–H groups in total. The van der Waals surface area contributed by atoms with Crippen molar-refractivity contribution in [1.29, 1.82) is 0 Å². The van der Waals surface area contributed by atoms with Gasteiger partial charge in [-0.15, -0.1) is 12.4 Å². The van der Waals surface area contributed by atoms with Crippen LogP contribution in [0.1, 0.15) is 42.3 Å². The Bertz CT molecular complexity index is 714. The Balaban J connectivity index is 0.00000192. The first-order valence-electron chi connectivity index (χ1n) is 7.74. The van der Waals surface area contributed by atoms with Gasteiger partial charge in [-0.3, -0.25) is 4.79 Å². The molecule has 1 aliphatic heterocycles. The van der Waals surface area contributed by atoms with E-state index in [2.05, 4.69) is 15.9 Å². The van der Waals surface area contributed by atoms with Gasteiger partial charge in [0.25, 0.3) is 5.91 Å². The summed E-state index contributed by atoms with van der Waals surface area (Å²) in [4.78, 5) is 14.9. The molecule has 0 radical (unpaired) electrons. The van der Waals surface area contributed by atoms with Crippen LogP contribution in [0.3, 0.4) is 0 Å². The van der Waals surface area contributed by atoms with Gasteiger partial charge in [-0.05, 0) is 51.3 Å². The van der Waals surface area contributed by atoms with Gasteiger partial charge in [-0.2, -0.15) is 0 Å². The topological polar surface area (TPSA) is 59.5 Å². The average molecular weight is 402 g/mol. The highest BCUT2D eigenvalue weighted by Crippen LogP contribution is 2.30. The van der Waals surface area contributed by atoms with E-state index in [1.807, 2.05) is 36.9 Å². The summed E-state index contributed by atoms with van der Waals surface area (Å²) in [6.07, 6.45) is 3.12. The summed E-state index contributed by atoms with van der Waals surface area (Å²) in [6.45, 7) is 4.67. The highest BCUT2D eigenvalue weighted by atomic mass is 79.9. The Morgan fingerprint density at radius 3 is 2.87 bits per heavy atom. The first kappa shape index (κ1) is 18.3. The van der Waals surface area contributed by atoms with Gasteiger partial charge in [0.15, 0.2) is 5.76 Å². The number of furan rings is 1. The monoisotopic (exact) mass is 400 g/mol. The zero-order valence-corrected chi connectivity index (χ0v) is 15.7. The number of hydrogen-bond donors (Lipinski definition) is 1. The molecule has 0 aliphatic carbocycles. The number of benzene rings is 1. The number of amides is 1. The molecule has 2 heterocycles. The minimum atomic E-state index is -0.0353. The molecule has 1 amide bonds. The van der Waals surface area contributed by atoms with E-state index in [0.717, 1.165) is 46.8 Å². The predicted octanol–water partition coefficient (Wildman–Crippen LogP) is 4.27. The zero-order chi connectivity index (χ0) is 15.9. The van der Waals surface area contributed by atoms with E-state index in [1.165, 1.54) is 0 Å². The number of fused-ring (bicyclic) bond motifs is 1. The fourth-order valence-corrected chi connectivity index (χ4v) is 3.64. The van der Waals surface area contributed by atoms with Crippen LogP contribution < -0.4 is 5.73 Å². The van der Waals surface area contributed by atoms with Crippen molar-refractivity contribution >= 4 is 45.2 Å². The first-order valence-corrected chi connectivity index (χ1v) is 8.53. The van der Waals surface area contributed by atoms with Gasteiger partial charge in [0.1, 0.15) is 5.58 Å². The van der Waals surface area contributed by atoms with Gasteiger partial charge < -0.3 is 15.1 Å². The van der Waals surface area contributed by atoms with Crippen LogP contribution in [0.5, 0.6) is 0 Å². The minimum Gasteiger partial charge on any atom is -0.451 e. The van der Waals surface area contributed by atoms with Crippen molar-refractivity contribution in [3.8, 4) is 0 Å². The van der Waals surface area contributed by atoms with E-state index in [-0.39, 0.29) is 30.4 Å². The number of carbonyl (C=O) groups is 1. The third-order valence-electron chi connectivity index (χ3n) is 4.51. The molecule has 1 aromatic carbocycles. The highest BCUT2D eigenvalue weighted by molar-refractivity contribution is 9.10. The van der Waals surface area contributed by atoms with Crippen LogP contribution in [0, 0.1) is 6.92 Å². The Morgan fingerprint density at radius 1 is 1.43 bits per heavy atom. The number of nitrogens with two attached hydrogens (primary N) is 1. The van der Waals surface area contributed by atoms with E-state index >= 15 is 0 Å². The standard InChI is InChI=1S/C17H21BrN2O2.ClH/c1-10-13-9-12(18)6-7-15(13)22-16(10)17(21)20-8-4-3-5-14(20)11(2)19;/h6-7,9,11,14H,3-5,8,19H2,1-2H3;1H. The number of likely N-dealkylation sites (tertiary alicyclic amines) is 1. The number of rotatable bonds is 2. The number of nitrogens with zero attached hydrogens (tertiary/aromatic N) is 1. The van der Waals surface area contributed by atoms with Gasteiger partial charge in [0, 0.05) is 34.1 Å². The van der Waals surface area contributed by atoms with Crippen molar-refractivity contribution in [1.82, 2.24) is 4.90 Å². The number of halogens is 2. The summed E-state index contributed by atoms with van der Waals surface area (Å²) in [7, 11) is 0. The van der Waals surface area contributed by atoms with Crippen LogP contribution in [-0.4, -0.2) is 29.4 Å². The van der Waals surface area contributed by atoms with E-state index in [9.17, 15) is 4.79 Å². The second-order valence-electron chi connectivity index (χ2n) is 6.12. The van der Waals surface area contributed by atoms with Crippen molar-refractivity contribution in [3.05, 3.63) is 34.0 Å². The van der Waals surface area contributed by atoms with E-state index in [1.54, 1.807) is 0 Å². The molecule has 0 saturated carbocycles. The predicted molar refractivity (Wildman–Crippen MR) is 98.2 cm³/mol. The largest absolute Gasteiger partial charge is 0.451 e. The lowest BCUT2D eigenvalue weighted by Crippen LogP contribution is -2.51. The molecule has 4 nitrogen and oxygen atoms in total. The molecule has 2 unspecified atom stereocenters. The zero-order valence-electron chi connectivity index (χ0n) is 13.3. The second kappa shape index (κ2) is 7.24. The van der Waals surface area contributed by atoms with E-state index in [0.29, 0.717) is 5.76 Å². The van der Waals surface area contributed by atoms with Gasteiger partial charge >= 0.3 is 0 Å². The summed E-state index contributed by atoms with van der Waals surface area (Å²) in [6, 6.07) is 5.88. The molecule has 0 spiro atoms. The van der Waals surface area contributed by atoms with Gasteiger partial charge in [0.05, 0.1) is 0 Å². The molecule has 1 aliphatic rings. The lowest BCUT2D eigenvalue weighted by molar-refractivity contribution is 0.0553. The van der Waals surface area contributed by atoms with Crippen molar-refractivity contribution in [3.63, 3.8) is 0 Å². The highest BCUT2D eigenvalue weighted by Gasteiger charge is 2.32. The van der Waals surface area contributed by atoms with E-state index in [4.69, 9.17) is 10.2 Å². The maximum Gasteiger partial charge on any atom is 0.290 e. The molecular formula is C17H22BrClN2O2. The van der Waals surface area contributed by atoms with Crippen molar-refractivity contribution in [2.75, 3.05) is 6.54 Å². The number of hydrogen-bond acceptors (Lipinski definition) is 3. The SMILES string of the molecule is Cc1c(C(=O)N2CCCCC2C(C)N)oc2ccc(Br)cc12.Cl. The van der Waals surface area contributed by atoms with Crippen LogP contribution in [0.4, 0.5) is 0 Å². The molecule has 1 saturated heterocycles. The van der Waals surface area contributed by atoms with Crippen LogP contribution in [0.15, 0.2) is 27.1 Å². The molecule has 3 rings (SSSR count). The molecule has 0 bridgehead atoms. The Labute approximate surface area is 150 Å². The molecular weight excluding hydrogens is 380 g/mol. The number of piperidine rings is 1. The van der Waals surface area contributed by atoms with Crippen molar-refractivity contribution in [2.45, 2.75) is 45.2 Å². The Hall–Kier alpha value is -1.04. The second-order valence-corrected chi connectivity index (χ2v) is 7.03. The normalized spacial score (nSPS) is 19.5. The fraction of sp³-hybridized carbons (Fsp3) is 0.471. The Morgan fingerprint density at radius 2 is 2.17 bits per heavy atom. The number of carbonyl (C=O) groups excluding carboxylic acids is 1. The third-order valence-corrected chi connectivity index (χ3v) is 5.00. The van der Waals surface area contributed by atoms with Crippen LogP contribution >= 0.6 is 28.3 Å². The quantitative estimate of drug-likeness (QED) is 0.817. The average Bonchev–Trinajstić information content (AvgIpc) is 2.83.